The molecule has 0 amide bonds. The van der Waals surface area contributed by atoms with Crippen LogP contribution in [0.25, 0.3) is 0 Å². The summed E-state index contributed by atoms with van der Waals surface area (Å²) >= 11 is 0. The van der Waals surface area contributed by atoms with Crippen molar-refractivity contribution in [1.29, 1.82) is 0 Å². The molecule has 65 valence electrons. The first-order valence-electron chi connectivity index (χ1n) is 2.85. The first-order chi connectivity index (χ1) is 5.12. The third-order valence-electron chi connectivity index (χ3n) is 0.641. The van der Waals surface area contributed by atoms with E-state index >= 15 is 0 Å². The zero-order valence-electron chi connectivity index (χ0n) is 5.86. The molecule has 0 unspecified atom stereocenters. The van der Waals surface area contributed by atoms with Crippen LogP contribution in [0, 0.1) is 0 Å². The molecule has 5 nitrogen and oxygen atoms in total. The van der Waals surface area contributed by atoms with Crippen molar-refractivity contribution in [2.45, 2.75) is 0 Å². The SMILES string of the molecule is C=CCOS(=O)(=O)OCC[O]. The minimum Gasteiger partial charge on any atom is -0.246 e. The van der Waals surface area contributed by atoms with Crippen molar-refractivity contribution < 1.29 is 21.9 Å². The highest BCUT2D eigenvalue weighted by Gasteiger charge is 2.09. The van der Waals surface area contributed by atoms with E-state index in [0.29, 0.717) is 0 Å². The molecule has 0 saturated heterocycles. The maximum Gasteiger partial charge on any atom is 0.400 e. The van der Waals surface area contributed by atoms with Gasteiger partial charge >= 0.3 is 10.4 Å². The molecule has 0 aromatic rings. The molecule has 0 saturated carbocycles. The van der Waals surface area contributed by atoms with Crippen molar-refractivity contribution in [3.8, 4) is 0 Å². The zero-order valence-corrected chi connectivity index (χ0v) is 6.67. The molecule has 6 heteroatoms. The van der Waals surface area contributed by atoms with Gasteiger partial charge in [0.05, 0.1) is 13.2 Å². The van der Waals surface area contributed by atoms with Crippen molar-refractivity contribution in [3.05, 3.63) is 12.7 Å². The molecular weight excluding hydrogens is 172 g/mol. The molecule has 0 bridgehead atoms. The van der Waals surface area contributed by atoms with Crippen molar-refractivity contribution in [2.24, 2.45) is 0 Å². The zero-order chi connectivity index (χ0) is 8.74. The smallest absolute Gasteiger partial charge is 0.246 e. The van der Waals surface area contributed by atoms with Crippen LogP contribution in [0.15, 0.2) is 12.7 Å². The number of hydrogen-bond acceptors (Lipinski definition) is 4. The van der Waals surface area contributed by atoms with Crippen molar-refractivity contribution in [2.75, 3.05) is 19.8 Å². The van der Waals surface area contributed by atoms with E-state index < -0.39 is 23.6 Å². The summed E-state index contributed by atoms with van der Waals surface area (Å²) < 4.78 is 29.3. The van der Waals surface area contributed by atoms with Crippen LogP contribution in [0.5, 0.6) is 0 Å². The Bertz CT molecular complexity index is 195. The van der Waals surface area contributed by atoms with E-state index in [2.05, 4.69) is 14.9 Å². The lowest BCUT2D eigenvalue weighted by Crippen LogP contribution is -2.12. The monoisotopic (exact) mass is 181 g/mol. The predicted octanol–water partition coefficient (Wildman–Crippen LogP) is -0.119. The Labute approximate surface area is 65.6 Å². The summed E-state index contributed by atoms with van der Waals surface area (Å²) in [7, 11) is -3.98. The molecule has 11 heavy (non-hydrogen) atoms. The van der Waals surface area contributed by atoms with E-state index in [-0.39, 0.29) is 6.61 Å². The van der Waals surface area contributed by atoms with Crippen LogP contribution in [0.3, 0.4) is 0 Å². The molecule has 0 aliphatic rings. The lowest BCUT2D eigenvalue weighted by atomic mass is 10.7. The van der Waals surface area contributed by atoms with Crippen molar-refractivity contribution in [3.63, 3.8) is 0 Å². The maximum atomic E-state index is 10.5. The third kappa shape index (κ3) is 5.99. The Kier molecular flexibility index (Phi) is 5.05. The normalized spacial score (nSPS) is 11.4. The quantitative estimate of drug-likeness (QED) is 0.535. The third-order valence-corrected chi connectivity index (χ3v) is 1.52. The molecule has 0 fully saturated rings. The van der Waals surface area contributed by atoms with Crippen LogP contribution < -0.4 is 0 Å². The highest BCUT2D eigenvalue weighted by Crippen LogP contribution is 1.94. The van der Waals surface area contributed by atoms with Crippen LogP contribution in [-0.4, -0.2) is 28.2 Å². The predicted molar refractivity (Wildman–Crippen MR) is 36.6 cm³/mol. The Balaban J connectivity index is 3.71. The summed E-state index contributed by atoms with van der Waals surface area (Å²) in [6.07, 6.45) is 1.26. The Morgan fingerprint density at radius 3 is 2.45 bits per heavy atom. The molecule has 0 rings (SSSR count). The van der Waals surface area contributed by atoms with Gasteiger partial charge in [-0.2, -0.15) is 8.42 Å². The first-order valence-corrected chi connectivity index (χ1v) is 4.18. The van der Waals surface area contributed by atoms with Gasteiger partial charge in [-0.1, -0.05) is 6.08 Å². The van der Waals surface area contributed by atoms with Gasteiger partial charge in [0.25, 0.3) is 0 Å². The Morgan fingerprint density at radius 1 is 1.36 bits per heavy atom. The van der Waals surface area contributed by atoms with E-state index in [4.69, 9.17) is 0 Å². The fourth-order valence-electron chi connectivity index (χ4n) is 0.302. The minimum absolute atomic E-state index is 0.152. The molecular formula is C5H9O5S. The molecule has 0 aromatic carbocycles. The van der Waals surface area contributed by atoms with Crippen molar-refractivity contribution in [1.82, 2.24) is 0 Å². The van der Waals surface area contributed by atoms with Gasteiger partial charge in [0.2, 0.25) is 0 Å². The van der Waals surface area contributed by atoms with Crippen LogP contribution in [0.1, 0.15) is 0 Å². The highest BCUT2D eigenvalue weighted by molar-refractivity contribution is 7.81. The van der Waals surface area contributed by atoms with Gasteiger partial charge in [-0.15, -0.1) is 6.58 Å². The van der Waals surface area contributed by atoms with Crippen LogP contribution in [-0.2, 0) is 23.9 Å². The summed E-state index contributed by atoms with van der Waals surface area (Å²) in [4.78, 5) is 0. The second-order valence-corrected chi connectivity index (χ2v) is 2.80. The summed E-state index contributed by atoms with van der Waals surface area (Å²) in [6.45, 7) is 2.07. The van der Waals surface area contributed by atoms with Crippen LogP contribution in [0.2, 0.25) is 0 Å². The van der Waals surface area contributed by atoms with Gasteiger partial charge in [0, 0.05) is 0 Å². The molecule has 0 aliphatic carbocycles. The largest absolute Gasteiger partial charge is 0.400 e. The highest BCUT2D eigenvalue weighted by atomic mass is 32.3. The lowest BCUT2D eigenvalue weighted by Gasteiger charge is -2.00. The summed E-state index contributed by atoms with van der Waals surface area (Å²) in [5.74, 6) is 0. The Hall–Kier alpha value is -0.430. The van der Waals surface area contributed by atoms with E-state index in [1.54, 1.807) is 0 Å². The van der Waals surface area contributed by atoms with Gasteiger partial charge < -0.3 is 0 Å². The van der Waals surface area contributed by atoms with Gasteiger partial charge in [-0.25, -0.2) is 13.5 Å². The summed E-state index contributed by atoms with van der Waals surface area (Å²) in [5, 5.41) is 9.79. The van der Waals surface area contributed by atoms with E-state index in [0.717, 1.165) is 0 Å². The Morgan fingerprint density at radius 2 is 2.00 bits per heavy atom. The van der Waals surface area contributed by atoms with Gasteiger partial charge in [0.1, 0.15) is 6.61 Å². The van der Waals surface area contributed by atoms with Gasteiger partial charge in [-0.3, -0.25) is 0 Å². The fourth-order valence-corrected chi connectivity index (χ4v) is 0.905. The minimum atomic E-state index is -3.98. The van der Waals surface area contributed by atoms with E-state index in [1.165, 1.54) is 6.08 Å². The molecule has 0 spiro atoms. The molecule has 1 radical (unpaired) electrons. The molecule has 0 aromatic heterocycles. The van der Waals surface area contributed by atoms with Crippen LogP contribution in [0.4, 0.5) is 0 Å². The molecule has 0 atom stereocenters. The second-order valence-electron chi connectivity index (χ2n) is 1.51. The van der Waals surface area contributed by atoms with Crippen LogP contribution >= 0.6 is 0 Å². The summed E-state index contributed by atoms with van der Waals surface area (Å²) in [5.41, 5.74) is 0. The molecule has 0 aliphatic heterocycles. The second kappa shape index (κ2) is 5.25. The van der Waals surface area contributed by atoms with Crippen molar-refractivity contribution >= 4 is 10.4 Å². The van der Waals surface area contributed by atoms with Gasteiger partial charge in [0.15, 0.2) is 0 Å². The van der Waals surface area contributed by atoms with E-state index in [9.17, 15) is 13.5 Å². The average molecular weight is 181 g/mol. The molecule has 0 heterocycles. The fraction of sp³-hybridized carbons (Fsp3) is 0.600. The topological polar surface area (TPSA) is 72.5 Å². The first kappa shape index (κ1) is 10.6. The van der Waals surface area contributed by atoms with Gasteiger partial charge in [-0.05, 0) is 0 Å². The summed E-state index contributed by atoms with van der Waals surface area (Å²) in [6, 6.07) is 0. The number of hydrogen-bond donors (Lipinski definition) is 0. The average Bonchev–Trinajstić information content (AvgIpc) is 1.97. The maximum absolute atomic E-state index is 10.5. The van der Waals surface area contributed by atoms with E-state index in [1.807, 2.05) is 0 Å². The standard InChI is InChI=1S/C5H9O5S/c1-2-4-9-11(7,8)10-5-3-6/h2H,1,3-5H2. The number of rotatable bonds is 6. The molecule has 0 N–H and O–H groups in total. The lowest BCUT2D eigenvalue weighted by molar-refractivity contribution is 0.127.